The third-order valence-electron chi connectivity index (χ3n) is 4.09. The SMILES string of the molecule is CCN(CC(=O)Nc1ccccc1C(F)(F)F)C(=O)Cc1ccc(OC)cc1. The van der Waals surface area contributed by atoms with Gasteiger partial charge in [-0.15, -0.1) is 0 Å². The van der Waals surface area contributed by atoms with E-state index in [2.05, 4.69) is 5.32 Å². The molecule has 0 aliphatic carbocycles. The summed E-state index contributed by atoms with van der Waals surface area (Å²) in [6.07, 6.45) is -4.51. The molecule has 2 aromatic rings. The smallest absolute Gasteiger partial charge is 0.418 e. The number of ether oxygens (including phenoxy) is 1. The first-order valence-corrected chi connectivity index (χ1v) is 8.61. The minimum atomic E-state index is -4.58. The van der Waals surface area contributed by atoms with Gasteiger partial charge in [0.1, 0.15) is 5.75 Å². The van der Waals surface area contributed by atoms with Crippen molar-refractivity contribution in [2.75, 3.05) is 25.5 Å². The van der Waals surface area contributed by atoms with Crippen molar-refractivity contribution in [3.05, 3.63) is 59.7 Å². The van der Waals surface area contributed by atoms with E-state index in [1.165, 1.54) is 30.2 Å². The summed E-state index contributed by atoms with van der Waals surface area (Å²) in [5.41, 5.74) is -0.526. The van der Waals surface area contributed by atoms with Crippen molar-refractivity contribution in [1.82, 2.24) is 4.90 Å². The Balaban J connectivity index is 2.02. The van der Waals surface area contributed by atoms with Crippen molar-refractivity contribution in [1.29, 1.82) is 0 Å². The topological polar surface area (TPSA) is 58.6 Å². The molecule has 2 rings (SSSR count). The van der Waals surface area contributed by atoms with E-state index in [-0.39, 0.29) is 31.1 Å². The Morgan fingerprint density at radius 1 is 1.07 bits per heavy atom. The number of carbonyl (C=O) groups is 2. The molecule has 0 fully saturated rings. The molecule has 2 aromatic carbocycles. The standard InChI is InChI=1S/C20H21F3N2O3/c1-3-25(19(27)12-14-8-10-15(28-2)11-9-14)13-18(26)24-17-7-5-4-6-16(17)20(21,22)23/h4-11H,3,12-13H2,1-2H3,(H,24,26). The van der Waals surface area contributed by atoms with Crippen LogP contribution in [-0.2, 0) is 22.2 Å². The van der Waals surface area contributed by atoms with Crippen LogP contribution >= 0.6 is 0 Å². The van der Waals surface area contributed by atoms with Crippen LogP contribution in [0, 0.1) is 0 Å². The molecule has 0 spiro atoms. The van der Waals surface area contributed by atoms with E-state index in [1.807, 2.05) is 0 Å². The molecule has 5 nitrogen and oxygen atoms in total. The van der Waals surface area contributed by atoms with Crippen molar-refractivity contribution in [2.45, 2.75) is 19.5 Å². The highest BCUT2D eigenvalue weighted by Gasteiger charge is 2.33. The second-order valence-electron chi connectivity index (χ2n) is 6.02. The molecular formula is C20H21F3N2O3. The van der Waals surface area contributed by atoms with Crippen molar-refractivity contribution >= 4 is 17.5 Å². The van der Waals surface area contributed by atoms with E-state index in [9.17, 15) is 22.8 Å². The molecule has 0 bridgehead atoms. The van der Waals surface area contributed by atoms with Crippen LogP contribution in [0.1, 0.15) is 18.1 Å². The number of halogens is 3. The van der Waals surface area contributed by atoms with Crippen LogP contribution in [0.2, 0.25) is 0 Å². The minimum absolute atomic E-state index is 0.0737. The number of hydrogen-bond donors (Lipinski definition) is 1. The van der Waals surface area contributed by atoms with Crippen molar-refractivity contribution in [3.63, 3.8) is 0 Å². The second kappa shape index (κ2) is 9.25. The van der Waals surface area contributed by atoms with Gasteiger partial charge in [-0.25, -0.2) is 0 Å². The molecule has 0 aromatic heterocycles. The molecule has 0 unspecified atom stereocenters. The fraction of sp³-hybridized carbons (Fsp3) is 0.300. The van der Waals surface area contributed by atoms with Gasteiger partial charge < -0.3 is 15.0 Å². The van der Waals surface area contributed by atoms with Crippen molar-refractivity contribution in [3.8, 4) is 5.75 Å². The first-order chi connectivity index (χ1) is 13.2. The summed E-state index contributed by atoms with van der Waals surface area (Å²) in [6.45, 7) is 1.61. The number of benzene rings is 2. The molecule has 1 N–H and O–H groups in total. The number of methoxy groups -OCH3 is 1. The zero-order valence-corrected chi connectivity index (χ0v) is 15.5. The first kappa shape index (κ1) is 21.3. The monoisotopic (exact) mass is 394 g/mol. The summed E-state index contributed by atoms with van der Waals surface area (Å²) < 4.78 is 44.1. The van der Waals surface area contributed by atoms with Gasteiger partial charge in [0.25, 0.3) is 0 Å². The second-order valence-corrected chi connectivity index (χ2v) is 6.02. The molecule has 0 aliphatic heterocycles. The van der Waals surface area contributed by atoms with Crippen LogP contribution in [0.5, 0.6) is 5.75 Å². The summed E-state index contributed by atoms with van der Waals surface area (Å²) >= 11 is 0. The van der Waals surface area contributed by atoms with Crippen LogP contribution < -0.4 is 10.1 Å². The summed E-state index contributed by atoms with van der Waals surface area (Å²) in [7, 11) is 1.54. The average Bonchev–Trinajstić information content (AvgIpc) is 2.66. The predicted molar refractivity (Wildman–Crippen MR) is 99.0 cm³/mol. The Kier molecular flexibility index (Phi) is 7.03. The van der Waals surface area contributed by atoms with Crippen molar-refractivity contribution in [2.24, 2.45) is 0 Å². The lowest BCUT2D eigenvalue weighted by molar-refractivity contribution is -0.137. The van der Waals surface area contributed by atoms with Crippen LogP contribution in [0.15, 0.2) is 48.5 Å². The van der Waals surface area contributed by atoms with E-state index in [1.54, 1.807) is 31.2 Å². The number of rotatable bonds is 7. The molecule has 0 saturated carbocycles. The molecule has 2 amide bonds. The first-order valence-electron chi connectivity index (χ1n) is 8.61. The number of amides is 2. The molecular weight excluding hydrogens is 373 g/mol. The van der Waals surface area contributed by atoms with Gasteiger partial charge in [0.2, 0.25) is 11.8 Å². The van der Waals surface area contributed by atoms with Gasteiger partial charge in [0.15, 0.2) is 0 Å². The highest BCUT2D eigenvalue weighted by Crippen LogP contribution is 2.34. The third kappa shape index (κ3) is 5.73. The van der Waals surface area contributed by atoms with Gasteiger partial charge in [-0.05, 0) is 36.8 Å². The van der Waals surface area contributed by atoms with Crippen LogP contribution in [-0.4, -0.2) is 36.9 Å². The largest absolute Gasteiger partial charge is 0.497 e. The van der Waals surface area contributed by atoms with Crippen molar-refractivity contribution < 1.29 is 27.5 Å². The molecule has 0 radical (unpaired) electrons. The minimum Gasteiger partial charge on any atom is -0.497 e. The Morgan fingerprint density at radius 2 is 1.71 bits per heavy atom. The number of hydrogen-bond acceptors (Lipinski definition) is 3. The number of para-hydroxylation sites is 1. The lowest BCUT2D eigenvalue weighted by atomic mass is 10.1. The fourth-order valence-electron chi connectivity index (χ4n) is 2.61. The summed E-state index contributed by atoms with van der Waals surface area (Å²) in [5.74, 6) is -0.334. The number of anilines is 1. The zero-order chi connectivity index (χ0) is 20.7. The highest BCUT2D eigenvalue weighted by molar-refractivity contribution is 5.95. The maximum absolute atomic E-state index is 13.0. The Morgan fingerprint density at radius 3 is 2.29 bits per heavy atom. The van der Waals surface area contributed by atoms with Crippen LogP contribution in [0.4, 0.5) is 18.9 Å². The fourth-order valence-corrected chi connectivity index (χ4v) is 2.61. The van der Waals surface area contributed by atoms with Crippen LogP contribution in [0.3, 0.4) is 0 Å². The number of alkyl halides is 3. The number of carbonyl (C=O) groups excluding carboxylic acids is 2. The molecule has 0 saturated heterocycles. The predicted octanol–water partition coefficient (Wildman–Crippen LogP) is 3.74. The van der Waals surface area contributed by atoms with E-state index in [0.29, 0.717) is 5.75 Å². The number of nitrogens with zero attached hydrogens (tertiary/aromatic N) is 1. The van der Waals surface area contributed by atoms with Gasteiger partial charge in [-0.3, -0.25) is 9.59 Å². The molecule has 8 heteroatoms. The maximum Gasteiger partial charge on any atom is 0.418 e. The normalized spacial score (nSPS) is 11.0. The maximum atomic E-state index is 13.0. The number of likely N-dealkylation sites (N-methyl/N-ethyl adjacent to an activating group) is 1. The third-order valence-corrected chi connectivity index (χ3v) is 4.09. The molecule has 150 valence electrons. The van der Waals surface area contributed by atoms with Gasteiger partial charge in [0.05, 0.1) is 31.3 Å². The van der Waals surface area contributed by atoms with E-state index >= 15 is 0 Å². The summed E-state index contributed by atoms with van der Waals surface area (Å²) in [5, 5.41) is 2.25. The molecule has 0 atom stereocenters. The lowest BCUT2D eigenvalue weighted by Crippen LogP contribution is -2.38. The van der Waals surface area contributed by atoms with E-state index in [4.69, 9.17) is 4.74 Å². The van der Waals surface area contributed by atoms with E-state index in [0.717, 1.165) is 11.6 Å². The molecule has 28 heavy (non-hydrogen) atoms. The molecule has 0 heterocycles. The van der Waals surface area contributed by atoms with Gasteiger partial charge >= 0.3 is 6.18 Å². The Bertz CT molecular complexity index is 820. The lowest BCUT2D eigenvalue weighted by Gasteiger charge is -2.21. The zero-order valence-electron chi connectivity index (χ0n) is 15.5. The Labute approximate surface area is 161 Å². The van der Waals surface area contributed by atoms with E-state index < -0.39 is 17.6 Å². The number of nitrogens with one attached hydrogen (secondary N) is 1. The summed E-state index contributed by atoms with van der Waals surface area (Å²) in [6, 6.07) is 11.6. The average molecular weight is 394 g/mol. The summed E-state index contributed by atoms with van der Waals surface area (Å²) in [4.78, 5) is 25.9. The van der Waals surface area contributed by atoms with Crippen LogP contribution in [0.25, 0.3) is 0 Å². The van der Waals surface area contributed by atoms with Gasteiger partial charge in [0, 0.05) is 6.54 Å². The van der Waals surface area contributed by atoms with Gasteiger partial charge in [-0.2, -0.15) is 13.2 Å². The highest BCUT2D eigenvalue weighted by atomic mass is 19.4. The Hall–Kier alpha value is -3.03. The molecule has 0 aliphatic rings. The quantitative estimate of drug-likeness (QED) is 0.778. The van der Waals surface area contributed by atoms with Gasteiger partial charge in [-0.1, -0.05) is 24.3 Å².